The molecule has 5 nitrogen and oxygen atoms in total. The summed E-state index contributed by atoms with van der Waals surface area (Å²) < 4.78 is 5.80. The van der Waals surface area contributed by atoms with Gasteiger partial charge in [0.2, 0.25) is 5.78 Å². The van der Waals surface area contributed by atoms with Crippen molar-refractivity contribution < 1.29 is 9.53 Å². The molecule has 148 valence electrons. The van der Waals surface area contributed by atoms with Gasteiger partial charge in [-0.3, -0.25) is 19.6 Å². The number of carbonyl (C=O) groups is 1. The van der Waals surface area contributed by atoms with Crippen LogP contribution in [0.1, 0.15) is 35.8 Å². The Balaban J connectivity index is 1.49. The van der Waals surface area contributed by atoms with E-state index in [4.69, 9.17) is 4.74 Å². The van der Waals surface area contributed by atoms with Gasteiger partial charge in [0, 0.05) is 45.5 Å². The van der Waals surface area contributed by atoms with Crippen LogP contribution in [0.15, 0.2) is 54.7 Å². The van der Waals surface area contributed by atoms with Gasteiger partial charge in [0.15, 0.2) is 0 Å². The van der Waals surface area contributed by atoms with Gasteiger partial charge in [-0.2, -0.15) is 0 Å². The third-order valence-electron chi connectivity index (χ3n) is 6.09. The van der Waals surface area contributed by atoms with Crippen LogP contribution in [0.25, 0.3) is 0 Å². The zero-order valence-corrected chi connectivity index (χ0v) is 16.6. The van der Waals surface area contributed by atoms with Crippen LogP contribution in [0.4, 0.5) is 0 Å². The first-order valence-electron chi connectivity index (χ1n) is 10.3. The third-order valence-corrected chi connectivity index (χ3v) is 6.09. The Morgan fingerprint density at radius 3 is 2.54 bits per heavy atom. The number of rotatable bonds is 5. The lowest BCUT2D eigenvalue weighted by Gasteiger charge is -2.49. The second-order valence-electron chi connectivity index (χ2n) is 7.96. The van der Waals surface area contributed by atoms with E-state index in [1.807, 2.05) is 18.2 Å². The minimum atomic E-state index is -0.495. The van der Waals surface area contributed by atoms with Crippen LogP contribution in [-0.4, -0.2) is 65.0 Å². The Morgan fingerprint density at radius 1 is 1.11 bits per heavy atom. The van der Waals surface area contributed by atoms with Crippen LogP contribution < -0.4 is 0 Å². The zero-order chi connectivity index (χ0) is 19.4. The molecule has 2 saturated heterocycles. The molecule has 4 rings (SSSR count). The molecule has 0 aliphatic carbocycles. The van der Waals surface area contributed by atoms with E-state index in [0.717, 1.165) is 45.6 Å². The first-order chi connectivity index (χ1) is 13.7. The number of ketones is 1. The van der Waals surface area contributed by atoms with Crippen molar-refractivity contribution in [1.82, 2.24) is 14.8 Å². The summed E-state index contributed by atoms with van der Waals surface area (Å²) in [6.45, 7) is 7.42. The van der Waals surface area contributed by atoms with Crippen molar-refractivity contribution in [2.75, 3.05) is 32.8 Å². The van der Waals surface area contributed by atoms with Gasteiger partial charge in [-0.05, 0) is 37.5 Å². The highest BCUT2D eigenvalue weighted by Gasteiger charge is 2.48. The molecule has 0 N–H and O–H groups in total. The molecular weight excluding hydrogens is 350 g/mol. The van der Waals surface area contributed by atoms with Crippen LogP contribution >= 0.6 is 0 Å². The van der Waals surface area contributed by atoms with Crippen molar-refractivity contribution in [3.05, 3.63) is 66.0 Å². The summed E-state index contributed by atoms with van der Waals surface area (Å²) in [5.41, 5.74) is 1.42. The van der Waals surface area contributed by atoms with Gasteiger partial charge in [0.05, 0.1) is 11.6 Å². The van der Waals surface area contributed by atoms with Crippen molar-refractivity contribution in [2.24, 2.45) is 0 Å². The Bertz CT molecular complexity index is 775. The van der Waals surface area contributed by atoms with E-state index in [-0.39, 0.29) is 11.9 Å². The molecule has 0 bridgehead atoms. The van der Waals surface area contributed by atoms with Gasteiger partial charge in [-0.25, -0.2) is 0 Å². The molecule has 0 amide bonds. The molecule has 2 fully saturated rings. The fourth-order valence-corrected chi connectivity index (χ4v) is 4.61. The minimum absolute atomic E-state index is 0.0868. The summed E-state index contributed by atoms with van der Waals surface area (Å²) in [5, 5.41) is 0. The highest BCUT2D eigenvalue weighted by molar-refractivity contribution is 6.01. The highest BCUT2D eigenvalue weighted by atomic mass is 16.5. The highest BCUT2D eigenvalue weighted by Crippen LogP contribution is 2.35. The van der Waals surface area contributed by atoms with Crippen molar-refractivity contribution in [3.63, 3.8) is 0 Å². The number of hydrogen-bond acceptors (Lipinski definition) is 5. The largest absolute Gasteiger partial charge is 0.378 e. The van der Waals surface area contributed by atoms with Gasteiger partial charge < -0.3 is 4.74 Å². The quantitative estimate of drug-likeness (QED) is 0.748. The summed E-state index contributed by atoms with van der Waals surface area (Å²) in [6, 6.07) is 16.2. The van der Waals surface area contributed by atoms with E-state index in [9.17, 15) is 4.79 Å². The molecule has 0 spiro atoms. The molecule has 3 heterocycles. The molecule has 5 heteroatoms. The Hall–Kier alpha value is -2.08. The average molecular weight is 380 g/mol. The number of carbonyl (C=O) groups excluding carboxylic acids is 1. The van der Waals surface area contributed by atoms with Gasteiger partial charge in [0.25, 0.3) is 0 Å². The zero-order valence-electron chi connectivity index (χ0n) is 16.6. The van der Waals surface area contributed by atoms with Crippen LogP contribution in [0.3, 0.4) is 0 Å². The molecular formula is C23H29N3O2. The minimum Gasteiger partial charge on any atom is -0.378 e. The van der Waals surface area contributed by atoms with Gasteiger partial charge in [-0.15, -0.1) is 0 Å². The topological polar surface area (TPSA) is 45.7 Å². The van der Waals surface area contributed by atoms with E-state index in [0.29, 0.717) is 12.3 Å². The van der Waals surface area contributed by atoms with E-state index in [1.54, 1.807) is 6.20 Å². The van der Waals surface area contributed by atoms with Crippen LogP contribution in [0.5, 0.6) is 0 Å². The monoisotopic (exact) mass is 379 g/mol. The van der Waals surface area contributed by atoms with Crippen LogP contribution in [-0.2, 0) is 11.3 Å². The predicted octanol–water partition coefficient (Wildman–Crippen LogP) is 3.02. The smallest absolute Gasteiger partial charge is 0.201 e. The molecule has 2 atom stereocenters. The van der Waals surface area contributed by atoms with Gasteiger partial charge in [-0.1, -0.05) is 36.4 Å². The van der Waals surface area contributed by atoms with Crippen LogP contribution in [0, 0.1) is 0 Å². The first kappa shape index (κ1) is 19.2. The average Bonchev–Trinajstić information content (AvgIpc) is 2.75. The molecule has 2 aliphatic rings. The molecule has 28 heavy (non-hydrogen) atoms. The molecule has 2 aliphatic heterocycles. The van der Waals surface area contributed by atoms with E-state index in [2.05, 4.69) is 52.0 Å². The van der Waals surface area contributed by atoms with E-state index < -0.39 is 5.54 Å². The maximum atomic E-state index is 13.6. The number of pyridine rings is 1. The predicted molar refractivity (Wildman–Crippen MR) is 109 cm³/mol. The normalized spacial score (nSPS) is 26.8. The SMILES string of the molecule is C[C@@H]1C[C@@](C(=O)c2ccccn2)(N2CCN(Cc3ccccc3)CC2)CCO1. The Kier molecular flexibility index (Phi) is 5.85. The summed E-state index contributed by atoms with van der Waals surface area (Å²) in [7, 11) is 0. The number of ether oxygens (including phenoxy) is 1. The number of piperazine rings is 1. The molecule has 0 radical (unpaired) electrons. The lowest BCUT2D eigenvalue weighted by molar-refractivity contribution is -0.0647. The van der Waals surface area contributed by atoms with E-state index >= 15 is 0 Å². The summed E-state index contributed by atoms with van der Waals surface area (Å²) in [4.78, 5) is 22.8. The number of aromatic nitrogens is 1. The number of benzene rings is 1. The maximum Gasteiger partial charge on any atom is 0.201 e. The summed E-state index contributed by atoms with van der Waals surface area (Å²) in [6.07, 6.45) is 3.28. The molecule has 0 unspecified atom stereocenters. The molecule has 1 aromatic heterocycles. The maximum absolute atomic E-state index is 13.6. The van der Waals surface area contributed by atoms with Crippen molar-refractivity contribution in [2.45, 2.75) is 38.0 Å². The molecule has 2 aromatic rings. The standard InChI is InChI=1S/C23H29N3O2/c1-19-17-23(10-16-28-19,22(27)21-9-5-6-11-24-21)26-14-12-25(13-15-26)18-20-7-3-2-4-8-20/h2-9,11,19H,10,12-18H2,1H3/t19-,23+/m1/s1. The summed E-state index contributed by atoms with van der Waals surface area (Å²) in [5.74, 6) is 0.153. The lowest BCUT2D eigenvalue weighted by Crippen LogP contribution is -2.63. The van der Waals surface area contributed by atoms with E-state index in [1.165, 1.54) is 5.56 Å². The molecule has 1 aromatic carbocycles. The second-order valence-corrected chi connectivity index (χ2v) is 7.96. The van der Waals surface area contributed by atoms with Crippen molar-refractivity contribution >= 4 is 5.78 Å². The second kappa shape index (κ2) is 8.52. The van der Waals surface area contributed by atoms with Crippen molar-refractivity contribution in [1.29, 1.82) is 0 Å². The fraction of sp³-hybridized carbons (Fsp3) is 0.478. The van der Waals surface area contributed by atoms with Gasteiger partial charge in [0.1, 0.15) is 5.69 Å². The third kappa shape index (κ3) is 4.02. The Morgan fingerprint density at radius 2 is 1.86 bits per heavy atom. The summed E-state index contributed by atoms with van der Waals surface area (Å²) >= 11 is 0. The number of nitrogens with zero attached hydrogens (tertiary/aromatic N) is 3. The number of hydrogen-bond donors (Lipinski definition) is 0. The first-order valence-corrected chi connectivity index (χ1v) is 10.3. The van der Waals surface area contributed by atoms with Crippen molar-refractivity contribution in [3.8, 4) is 0 Å². The Labute approximate surface area is 167 Å². The number of Topliss-reactive ketones (excluding diaryl/α,β-unsaturated/α-hetero) is 1. The van der Waals surface area contributed by atoms with Crippen LogP contribution in [0.2, 0.25) is 0 Å². The lowest BCUT2D eigenvalue weighted by atomic mass is 9.79. The molecule has 0 saturated carbocycles. The fourth-order valence-electron chi connectivity index (χ4n) is 4.61. The van der Waals surface area contributed by atoms with Gasteiger partial charge >= 0.3 is 0 Å².